The van der Waals surface area contributed by atoms with Gasteiger partial charge < -0.3 is 19.6 Å². The third-order valence-corrected chi connectivity index (χ3v) is 14.1. The standard InChI is InChI=1S/C32H53NO5Si/c1-22(2)39(23(3)4,24(5)6)38-30(29(35)21-28(34)26-18-14-11-15-19-26)27(20-25-16-12-10-13-17-25)33-31(36)37-32(7,8)9/h11,14-15,18-19,21-25,27,30,34H,10,12-13,16-17,20H2,1-9H3,(H,33,36)/b28-21-/t27-,30+/m1/s1. The highest BCUT2D eigenvalue weighted by molar-refractivity contribution is 6.77. The smallest absolute Gasteiger partial charge is 0.407 e. The van der Waals surface area contributed by atoms with Crippen LogP contribution in [0.4, 0.5) is 4.79 Å². The molecule has 1 saturated carbocycles. The minimum absolute atomic E-state index is 0.103. The maximum atomic E-state index is 14.1. The second-order valence-corrected chi connectivity index (χ2v) is 18.6. The Morgan fingerprint density at radius 2 is 1.51 bits per heavy atom. The average Bonchev–Trinajstić information content (AvgIpc) is 2.83. The van der Waals surface area contributed by atoms with Gasteiger partial charge in [0.15, 0.2) is 5.78 Å². The van der Waals surface area contributed by atoms with Crippen molar-refractivity contribution in [3.8, 4) is 0 Å². The number of benzene rings is 1. The van der Waals surface area contributed by atoms with Gasteiger partial charge in [-0.15, -0.1) is 0 Å². The zero-order chi connectivity index (χ0) is 29.4. The molecule has 7 heteroatoms. The number of alkyl carbamates (subject to hydrolysis) is 1. The molecular weight excluding hydrogens is 506 g/mol. The Kier molecular flexibility index (Phi) is 12.3. The third-order valence-electron chi connectivity index (χ3n) is 8.05. The lowest BCUT2D eigenvalue weighted by Crippen LogP contribution is -2.58. The van der Waals surface area contributed by atoms with Crippen molar-refractivity contribution in [3.63, 3.8) is 0 Å². The summed E-state index contributed by atoms with van der Waals surface area (Å²) >= 11 is 0. The van der Waals surface area contributed by atoms with Crippen molar-refractivity contribution in [1.82, 2.24) is 5.32 Å². The SMILES string of the molecule is CC(C)[Si](O[C@H](C(=O)/C=C(\O)c1ccccc1)[C@@H](CC1CCCCC1)NC(=O)OC(C)(C)C)(C(C)C)C(C)C. The summed E-state index contributed by atoms with van der Waals surface area (Å²) < 4.78 is 12.8. The van der Waals surface area contributed by atoms with Crippen LogP contribution in [0.15, 0.2) is 36.4 Å². The molecule has 220 valence electrons. The van der Waals surface area contributed by atoms with Crippen LogP contribution >= 0.6 is 0 Å². The summed E-state index contributed by atoms with van der Waals surface area (Å²) in [7, 11) is -2.53. The van der Waals surface area contributed by atoms with E-state index in [1.807, 2.05) is 39.0 Å². The highest BCUT2D eigenvalue weighted by Gasteiger charge is 2.49. The van der Waals surface area contributed by atoms with Gasteiger partial charge in [-0.2, -0.15) is 0 Å². The fourth-order valence-corrected chi connectivity index (χ4v) is 11.9. The molecule has 0 aliphatic heterocycles. The molecule has 1 aliphatic carbocycles. The van der Waals surface area contributed by atoms with Crippen molar-refractivity contribution in [2.75, 3.05) is 0 Å². The quantitative estimate of drug-likeness (QED) is 0.152. The van der Waals surface area contributed by atoms with Crippen molar-refractivity contribution in [2.24, 2.45) is 5.92 Å². The Hall–Kier alpha value is -2.12. The molecule has 0 heterocycles. The lowest BCUT2D eigenvalue weighted by molar-refractivity contribution is -0.123. The van der Waals surface area contributed by atoms with Gasteiger partial charge in [-0.25, -0.2) is 4.79 Å². The van der Waals surface area contributed by atoms with E-state index in [1.165, 1.54) is 12.5 Å². The summed E-state index contributed by atoms with van der Waals surface area (Å²) in [6.45, 7) is 18.6. The Balaban J connectivity index is 2.58. The van der Waals surface area contributed by atoms with Crippen LogP contribution in [0, 0.1) is 5.92 Å². The van der Waals surface area contributed by atoms with Gasteiger partial charge in [-0.05, 0) is 49.7 Å². The zero-order valence-corrected chi connectivity index (χ0v) is 26.8. The maximum Gasteiger partial charge on any atom is 0.407 e. The molecule has 0 spiro atoms. The summed E-state index contributed by atoms with van der Waals surface area (Å²) in [6.07, 6.45) is 6.10. The number of ether oxygens (including phenoxy) is 1. The van der Waals surface area contributed by atoms with E-state index in [0.717, 1.165) is 25.7 Å². The van der Waals surface area contributed by atoms with Crippen molar-refractivity contribution in [1.29, 1.82) is 0 Å². The molecule has 1 aliphatic rings. The first-order chi connectivity index (χ1) is 18.2. The number of ketones is 1. The predicted octanol–water partition coefficient (Wildman–Crippen LogP) is 8.58. The van der Waals surface area contributed by atoms with Crippen LogP contribution in [-0.4, -0.2) is 43.0 Å². The van der Waals surface area contributed by atoms with Gasteiger partial charge in [0.25, 0.3) is 0 Å². The zero-order valence-electron chi connectivity index (χ0n) is 25.8. The van der Waals surface area contributed by atoms with Gasteiger partial charge in [-0.1, -0.05) is 104 Å². The number of hydrogen-bond acceptors (Lipinski definition) is 5. The molecule has 1 aromatic rings. The van der Waals surface area contributed by atoms with E-state index >= 15 is 0 Å². The topological polar surface area (TPSA) is 84.9 Å². The summed E-state index contributed by atoms with van der Waals surface area (Å²) in [4.78, 5) is 27.2. The Morgan fingerprint density at radius 1 is 0.974 bits per heavy atom. The molecule has 0 unspecified atom stereocenters. The highest BCUT2D eigenvalue weighted by atomic mass is 28.4. The van der Waals surface area contributed by atoms with E-state index in [1.54, 1.807) is 12.1 Å². The summed E-state index contributed by atoms with van der Waals surface area (Å²) in [5.41, 5.74) is 0.634. The summed E-state index contributed by atoms with van der Waals surface area (Å²) in [5, 5.41) is 13.9. The number of carbonyl (C=O) groups excluding carboxylic acids is 2. The fourth-order valence-electron chi connectivity index (χ4n) is 6.37. The van der Waals surface area contributed by atoms with Gasteiger partial charge in [0.2, 0.25) is 8.32 Å². The van der Waals surface area contributed by atoms with Gasteiger partial charge >= 0.3 is 6.09 Å². The van der Waals surface area contributed by atoms with Crippen LogP contribution in [0.2, 0.25) is 16.6 Å². The number of aliphatic hydroxyl groups excluding tert-OH is 1. The predicted molar refractivity (Wildman–Crippen MR) is 162 cm³/mol. The van der Waals surface area contributed by atoms with E-state index < -0.39 is 32.2 Å². The van der Waals surface area contributed by atoms with Crippen molar-refractivity contribution in [3.05, 3.63) is 42.0 Å². The van der Waals surface area contributed by atoms with Crippen LogP contribution in [0.25, 0.3) is 5.76 Å². The van der Waals surface area contributed by atoms with Crippen LogP contribution < -0.4 is 5.32 Å². The molecule has 2 N–H and O–H groups in total. The number of amides is 1. The number of carbonyl (C=O) groups is 2. The Morgan fingerprint density at radius 3 is 2.00 bits per heavy atom. The number of rotatable bonds is 12. The monoisotopic (exact) mass is 559 g/mol. The minimum Gasteiger partial charge on any atom is -0.507 e. The third kappa shape index (κ3) is 9.49. The van der Waals surface area contributed by atoms with Gasteiger partial charge in [0.05, 0.1) is 6.04 Å². The molecular formula is C32H53NO5Si. The summed E-state index contributed by atoms with van der Waals surface area (Å²) in [6, 6.07) is 8.47. The maximum absolute atomic E-state index is 14.1. The molecule has 0 bridgehead atoms. The second-order valence-electron chi connectivity index (χ2n) is 13.1. The second kappa shape index (κ2) is 14.5. The van der Waals surface area contributed by atoms with Gasteiger partial charge in [0, 0.05) is 11.6 Å². The molecule has 1 fully saturated rings. The van der Waals surface area contributed by atoms with Gasteiger partial charge in [0.1, 0.15) is 17.5 Å². The van der Waals surface area contributed by atoms with Crippen LogP contribution in [0.1, 0.15) is 106 Å². The van der Waals surface area contributed by atoms with Crippen LogP contribution in [0.3, 0.4) is 0 Å². The molecule has 2 rings (SSSR count). The fraction of sp³-hybridized carbons (Fsp3) is 0.688. The van der Waals surface area contributed by atoms with Crippen molar-refractivity contribution >= 4 is 26.0 Å². The first-order valence-corrected chi connectivity index (χ1v) is 17.0. The Bertz CT molecular complexity index is 923. The summed E-state index contributed by atoms with van der Waals surface area (Å²) in [5.74, 6) is -0.0432. The largest absolute Gasteiger partial charge is 0.507 e. The van der Waals surface area contributed by atoms with E-state index in [9.17, 15) is 14.7 Å². The molecule has 1 aromatic carbocycles. The van der Waals surface area contributed by atoms with E-state index in [2.05, 4.69) is 46.9 Å². The van der Waals surface area contributed by atoms with E-state index in [-0.39, 0.29) is 28.2 Å². The van der Waals surface area contributed by atoms with Gasteiger partial charge in [-0.3, -0.25) is 4.79 Å². The molecule has 0 saturated heterocycles. The lowest BCUT2D eigenvalue weighted by Gasteiger charge is -2.46. The first kappa shape index (κ1) is 33.1. The minimum atomic E-state index is -2.53. The average molecular weight is 560 g/mol. The molecule has 39 heavy (non-hydrogen) atoms. The first-order valence-electron chi connectivity index (χ1n) is 14.8. The molecule has 1 amide bonds. The molecule has 6 nitrogen and oxygen atoms in total. The number of aliphatic hydroxyl groups is 1. The van der Waals surface area contributed by atoms with Crippen molar-refractivity contribution < 1.29 is 23.9 Å². The highest BCUT2D eigenvalue weighted by Crippen LogP contribution is 2.44. The van der Waals surface area contributed by atoms with Crippen LogP contribution in [0.5, 0.6) is 0 Å². The molecule has 0 radical (unpaired) electrons. The van der Waals surface area contributed by atoms with E-state index in [0.29, 0.717) is 17.9 Å². The Labute approximate surface area is 238 Å². The molecule has 2 atom stereocenters. The molecule has 0 aromatic heterocycles. The van der Waals surface area contributed by atoms with Crippen molar-refractivity contribution in [2.45, 2.75) is 135 Å². The van der Waals surface area contributed by atoms with Crippen LogP contribution in [-0.2, 0) is 14.0 Å². The number of nitrogens with one attached hydrogen (secondary N) is 1. The van der Waals surface area contributed by atoms with E-state index in [4.69, 9.17) is 9.16 Å². The normalized spacial score (nSPS) is 17.4. The number of hydrogen-bond donors (Lipinski definition) is 2. The lowest BCUT2D eigenvalue weighted by atomic mass is 9.83.